The maximum Gasteiger partial charge on any atom is 0.145 e. The molecular formula is C20H25ClN4. The summed E-state index contributed by atoms with van der Waals surface area (Å²) in [6, 6.07) is 8.45. The normalized spacial score (nSPS) is 21.9. The first-order chi connectivity index (χ1) is 12.2. The number of piperidine rings is 1. The van der Waals surface area contributed by atoms with Crippen molar-refractivity contribution in [2.45, 2.75) is 44.8 Å². The molecule has 0 N–H and O–H groups in total. The summed E-state index contributed by atoms with van der Waals surface area (Å²) < 4.78 is 0. The molecule has 1 aromatic heterocycles. The van der Waals surface area contributed by atoms with Crippen molar-refractivity contribution in [1.82, 2.24) is 19.8 Å². The van der Waals surface area contributed by atoms with E-state index in [1.165, 1.54) is 29.7 Å². The minimum absolute atomic E-state index is 0.301. The lowest BCUT2D eigenvalue weighted by Crippen LogP contribution is -2.35. The van der Waals surface area contributed by atoms with Crippen molar-refractivity contribution in [2.24, 2.45) is 0 Å². The van der Waals surface area contributed by atoms with Gasteiger partial charge in [0.15, 0.2) is 0 Å². The van der Waals surface area contributed by atoms with Crippen LogP contribution in [0.4, 0.5) is 0 Å². The fraction of sp³-hybridized carbons (Fsp3) is 0.500. The molecule has 1 atom stereocenters. The lowest BCUT2D eigenvalue weighted by atomic mass is 9.99. The first-order valence-corrected chi connectivity index (χ1v) is 9.59. The number of benzene rings is 1. The molecule has 0 spiro atoms. The fourth-order valence-corrected chi connectivity index (χ4v) is 4.15. The Balaban J connectivity index is 1.58. The van der Waals surface area contributed by atoms with E-state index in [1.807, 2.05) is 12.1 Å². The molecule has 0 unspecified atom stereocenters. The van der Waals surface area contributed by atoms with E-state index in [0.29, 0.717) is 6.04 Å². The molecule has 3 heterocycles. The van der Waals surface area contributed by atoms with E-state index in [9.17, 15) is 0 Å². The number of rotatable bonds is 3. The zero-order chi connectivity index (χ0) is 17.2. The standard InChI is InChI=1S/C20H25ClN4/c1-24-11-9-18-16(13-24)12-22-20(23-18)19-8-4-5-10-25(19)14-15-6-2-3-7-17(15)21/h2-3,6-7,12,19H,4-5,8-11,13-14H2,1H3/t19-/m0/s1. The number of likely N-dealkylation sites (N-methyl/N-ethyl adjacent to an activating group) is 1. The summed E-state index contributed by atoms with van der Waals surface area (Å²) in [7, 11) is 2.16. The van der Waals surface area contributed by atoms with Gasteiger partial charge in [-0.2, -0.15) is 0 Å². The monoisotopic (exact) mass is 356 g/mol. The molecular weight excluding hydrogens is 332 g/mol. The van der Waals surface area contributed by atoms with Crippen LogP contribution in [0.25, 0.3) is 0 Å². The number of aromatic nitrogens is 2. The van der Waals surface area contributed by atoms with Crippen molar-refractivity contribution in [3.05, 3.63) is 58.1 Å². The maximum absolute atomic E-state index is 6.38. The van der Waals surface area contributed by atoms with Crippen LogP contribution in [-0.2, 0) is 19.5 Å². The Labute approximate surface area is 154 Å². The zero-order valence-corrected chi connectivity index (χ0v) is 15.5. The molecule has 1 aromatic carbocycles. The van der Waals surface area contributed by atoms with Crippen molar-refractivity contribution in [2.75, 3.05) is 20.1 Å². The van der Waals surface area contributed by atoms with E-state index in [4.69, 9.17) is 21.6 Å². The molecule has 5 heteroatoms. The molecule has 0 amide bonds. The summed E-state index contributed by atoms with van der Waals surface area (Å²) in [6.45, 7) is 3.99. The van der Waals surface area contributed by atoms with Crippen molar-refractivity contribution >= 4 is 11.6 Å². The fourth-order valence-electron chi connectivity index (χ4n) is 3.95. The highest BCUT2D eigenvalue weighted by molar-refractivity contribution is 6.31. The van der Waals surface area contributed by atoms with Crippen LogP contribution in [0.1, 0.15) is 47.9 Å². The maximum atomic E-state index is 6.38. The summed E-state index contributed by atoms with van der Waals surface area (Å²) in [5, 5.41) is 0.848. The van der Waals surface area contributed by atoms with Crippen LogP contribution in [0.2, 0.25) is 5.02 Å². The van der Waals surface area contributed by atoms with Crippen molar-refractivity contribution in [3.8, 4) is 0 Å². The number of fused-ring (bicyclic) bond motifs is 1. The van der Waals surface area contributed by atoms with Gasteiger partial charge in [-0.25, -0.2) is 9.97 Å². The van der Waals surface area contributed by atoms with Crippen LogP contribution >= 0.6 is 11.6 Å². The highest BCUT2D eigenvalue weighted by atomic mass is 35.5. The summed E-state index contributed by atoms with van der Waals surface area (Å²) in [5.74, 6) is 0.995. The summed E-state index contributed by atoms with van der Waals surface area (Å²) in [6.07, 6.45) is 6.68. The van der Waals surface area contributed by atoms with E-state index < -0.39 is 0 Å². The molecule has 0 bridgehead atoms. The number of halogens is 1. The van der Waals surface area contributed by atoms with Gasteiger partial charge < -0.3 is 4.90 Å². The molecule has 1 saturated heterocycles. The Morgan fingerprint density at radius 3 is 2.96 bits per heavy atom. The van der Waals surface area contributed by atoms with Gasteiger partial charge >= 0.3 is 0 Å². The third-order valence-corrected chi connectivity index (χ3v) is 5.76. The molecule has 2 aliphatic heterocycles. The Morgan fingerprint density at radius 2 is 2.08 bits per heavy atom. The topological polar surface area (TPSA) is 32.3 Å². The van der Waals surface area contributed by atoms with Crippen molar-refractivity contribution in [1.29, 1.82) is 0 Å². The van der Waals surface area contributed by atoms with E-state index in [2.05, 4.69) is 35.2 Å². The van der Waals surface area contributed by atoms with Gasteiger partial charge in [0.25, 0.3) is 0 Å². The Morgan fingerprint density at radius 1 is 1.20 bits per heavy atom. The number of hydrogen-bond donors (Lipinski definition) is 0. The van der Waals surface area contributed by atoms with Gasteiger partial charge in [-0.15, -0.1) is 0 Å². The predicted molar refractivity (Wildman–Crippen MR) is 101 cm³/mol. The quantitative estimate of drug-likeness (QED) is 0.836. The minimum Gasteiger partial charge on any atom is -0.302 e. The van der Waals surface area contributed by atoms with Gasteiger partial charge in [0.05, 0.1) is 6.04 Å². The van der Waals surface area contributed by atoms with Crippen LogP contribution < -0.4 is 0 Å². The molecule has 132 valence electrons. The van der Waals surface area contributed by atoms with Crippen LogP contribution in [0.3, 0.4) is 0 Å². The van der Waals surface area contributed by atoms with Crippen LogP contribution in [0.15, 0.2) is 30.5 Å². The zero-order valence-electron chi connectivity index (χ0n) is 14.8. The van der Waals surface area contributed by atoms with Gasteiger partial charge in [0.1, 0.15) is 5.82 Å². The van der Waals surface area contributed by atoms with E-state index >= 15 is 0 Å². The first kappa shape index (κ1) is 17.0. The molecule has 25 heavy (non-hydrogen) atoms. The average Bonchev–Trinajstić information content (AvgIpc) is 2.64. The second-order valence-electron chi connectivity index (χ2n) is 7.26. The van der Waals surface area contributed by atoms with Crippen LogP contribution in [-0.4, -0.2) is 39.9 Å². The second-order valence-corrected chi connectivity index (χ2v) is 7.67. The smallest absolute Gasteiger partial charge is 0.145 e. The van der Waals surface area contributed by atoms with Crippen LogP contribution in [0.5, 0.6) is 0 Å². The molecule has 2 aromatic rings. The largest absolute Gasteiger partial charge is 0.302 e. The minimum atomic E-state index is 0.301. The molecule has 0 aliphatic carbocycles. The third kappa shape index (κ3) is 3.71. The van der Waals surface area contributed by atoms with Gasteiger partial charge in [-0.3, -0.25) is 4.90 Å². The molecule has 2 aliphatic rings. The van der Waals surface area contributed by atoms with Gasteiger partial charge in [-0.05, 0) is 38.1 Å². The Hall–Kier alpha value is -1.49. The molecule has 4 nitrogen and oxygen atoms in total. The van der Waals surface area contributed by atoms with E-state index in [1.54, 1.807) is 0 Å². The van der Waals surface area contributed by atoms with E-state index in [0.717, 1.165) is 49.9 Å². The Kier molecular flexibility index (Phi) is 5.02. The predicted octanol–water partition coefficient (Wildman–Crippen LogP) is 3.85. The van der Waals surface area contributed by atoms with E-state index in [-0.39, 0.29) is 0 Å². The highest BCUT2D eigenvalue weighted by Crippen LogP contribution is 2.32. The van der Waals surface area contributed by atoms with Gasteiger partial charge in [0.2, 0.25) is 0 Å². The molecule has 1 fully saturated rings. The number of hydrogen-bond acceptors (Lipinski definition) is 4. The molecule has 4 rings (SSSR count). The molecule has 0 radical (unpaired) electrons. The van der Waals surface area contributed by atoms with Crippen LogP contribution in [0, 0.1) is 0 Å². The van der Waals surface area contributed by atoms with Crippen molar-refractivity contribution < 1.29 is 0 Å². The highest BCUT2D eigenvalue weighted by Gasteiger charge is 2.28. The van der Waals surface area contributed by atoms with Gasteiger partial charge in [-0.1, -0.05) is 36.2 Å². The lowest BCUT2D eigenvalue weighted by molar-refractivity contribution is 0.133. The van der Waals surface area contributed by atoms with Crippen molar-refractivity contribution in [3.63, 3.8) is 0 Å². The van der Waals surface area contributed by atoms with Gasteiger partial charge in [0, 0.05) is 48.5 Å². The summed E-state index contributed by atoms with van der Waals surface area (Å²) >= 11 is 6.38. The third-order valence-electron chi connectivity index (χ3n) is 5.39. The molecule has 0 saturated carbocycles. The Bertz CT molecular complexity index is 748. The lowest BCUT2D eigenvalue weighted by Gasteiger charge is -2.35. The SMILES string of the molecule is CN1CCc2nc([C@@H]3CCCCN3Cc3ccccc3Cl)ncc2C1. The number of nitrogens with zero attached hydrogens (tertiary/aromatic N) is 4. The first-order valence-electron chi connectivity index (χ1n) is 9.21. The number of likely N-dealkylation sites (tertiary alicyclic amines) is 1. The second kappa shape index (κ2) is 7.40. The average molecular weight is 357 g/mol. The summed E-state index contributed by atoms with van der Waals surface area (Å²) in [4.78, 5) is 14.6. The summed E-state index contributed by atoms with van der Waals surface area (Å²) in [5.41, 5.74) is 3.72.